The predicted molar refractivity (Wildman–Crippen MR) is 61.2 cm³/mol. The number of aliphatic hydroxyl groups excluding tert-OH is 1. The highest BCUT2D eigenvalue weighted by Gasteiger charge is 2.52. The number of aliphatic hydroxyl groups is 2. The minimum absolute atomic E-state index is 0.378. The molecule has 0 aromatic carbocycles. The second-order valence-electron chi connectivity index (χ2n) is 3.82. The average Bonchev–Trinajstić information content (AvgIpc) is 2.62. The standard InChI is InChI=1S/C7H16O11P2/c1-14-19(10,11)16-4-7(9)5(3-6(8)17-7)18-20(12,13)15-2/h5-6,8-9H,3-4H2,1-2H3,(H,10,11)(H,12,13)/t5-,6?,7?/m0/s1. The summed E-state index contributed by atoms with van der Waals surface area (Å²) in [6.07, 6.45) is -3.42. The summed E-state index contributed by atoms with van der Waals surface area (Å²) in [7, 11) is -7.09. The molecule has 1 rings (SSSR count). The molecule has 0 bridgehead atoms. The van der Waals surface area contributed by atoms with Crippen molar-refractivity contribution in [3.05, 3.63) is 0 Å². The number of phosphoric acid groups is 2. The maximum Gasteiger partial charge on any atom is 0.472 e. The Hall–Kier alpha value is 0.1000. The normalized spacial score (nSPS) is 36.5. The zero-order chi connectivity index (χ0) is 15.6. The van der Waals surface area contributed by atoms with E-state index in [0.29, 0.717) is 0 Å². The fourth-order valence-corrected chi connectivity index (χ4v) is 2.52. The number of hydrogen-bond acceptors (Lipinski definition) is 9. The number of phosphoric ester groups is 2. The summed E-state index contributed by atoms with van der Waals surface area (Å²) in [6, 6.07) is 0. The van der Waals surface area contributed by atoms with Gasteiger partial charge in [0.05, 0.1) is 0 Å². The molecule has 13 heteroatoms. The molecule has 0 radical (unpaired) electrons. The Labute approximate surface area is 114 Å². The van der Waals surface area contributed by atoms with E-state index in [1.54, 1.807) is 0 Å². The Kier molecular flexibility index (Phi) is 5.87. The Morgan fingerprint density at radius 2 is 1.80 bits per heavy atom. The van der Waals surface area contributed by atoms with Crippen LogP contribution in [0, 0.1) is 0 Å². The Morgan fingerprint density at radius 1 is 1.25 bits per heavy atom. The molecule has 4 N–H and O–H groups in total. The molecule has 1 aliphatic heterocycles. The van der Waals surface area contributed by atoms with Gasteiger partial charge in [-0.25, -0.2) is 9.13 Å². The smallest absolute Gasteiger partial charge is 0.368 e. The molecule has 1 fully saturated rings. The Morgan fingerprint density at radius 3 is 2.30 bits per heavy atom. The molecule has 5 atom stereocenters. The summed E-state index contributed by atoms with van der Waals surface area (Å²) >= 11 is 0. The van der Waals surface area contributed by atoms with E-state index in [2.05, 4.69) is 22.8 Å². The molecule has 20 heavy (non-hydrogen) atoms. The van der Waals surface area contributed by atoms with Crippen LogP contribution in [0.4, 0.5) is 0 Å². The van der Waals surface area contributed by atoms with E-state index in [9.17, 15) is 19.3 Å². The third-order valence-electron chi connectivity index (χ3n) is 2.42. The fourth-order valence-electron chi connectivity index (χ4n) is 1.41. The molecule has 1 aliphatic rings. The van der Waals surface area contributed by atoms with Gasteiger partial charge in [-0.15, -0.1) is 0 Å². The molecular weight excluding hydrogens is 322 g/mol. The van der Waals surface area contributed by atoms with Crippen LogP contribution >= 0.6 is 15.6 Å². The van der Waals surface area contributed by atoms with Gasteiger partial charge in [0.1, 0.15) is 12.7 Å². The van der Waals surface area contributed by atoms with Crippen molar-refractivity contribution >= 4 is 15.6 Å². The van der Waals surface area contributed by atoms with Crippen LogP contribution in [-0.4, -0.2) is 59.0 Å². The van der Waals surface area contributed by atoms with Crippen molar-refractivity contribution < 1.29 is 52.0 Å². The third kappa shape index (κ3) is 4.83. The summed E-state index contributed by atoms with van der Waals surface area (Å²) in [5.41, 5.74) is 0. The van der Waals surface area contributed by atoms with Gasteiger partial charge < -0.3 is 24.7 Å². The number of hydrogen-bond donors (Lipinski definition) is 4. The first-order valence-corrected chi connectivity index (χ1v) is 8.21. The van der Waals surface area contributed by atoms with Crippen molar-refractivity contribution in [1.29, 1.82) is 0 Å². The monoisotopic (exact) mass is 338 g/mol. The summed E-state index contributed by atoms with van der Waals surface area (Å²) in [5, 5.41) is 19.3. The molecule has 0 aromatic heterocycles. The molecule has 0 spiro atoms. The maximum atomic E-state index is 11.3. The molecule has 4 unspecified atom stereocenters. The molecule has 11 nitrogen and oxygen atoms in total. The van der Waals surface area contributed by atoms with E-state index in [4.69, 9.17) is 9.79 Å². The first kappa shape index (κ1) is 18.1. The molecule has 0 aliphatic carbocycles. The Bertz CT molecular complexity index is 427. The molecule has 120 valence electrons. The molecule has 0 saturated carbocycles. The van der Waals surface area contributed by atoms with E-state index in [1.165, 1.54) is 0 Å². The van der Waals surface area contributed by atoms with Crippen molar-refractivity contribution in [3.8, 4) is 0 Å². The first-order chi connectivity index (χ1) is 9.03. The highest BCUT2D eigenvalue weighted by molar-refractivity contribution is 7.47. The summed E-state index contributed by atoms with van der Waals surface area (Å²) in [5.74, 6) is -2.42. The van der Waals surface area contributed by atoms with Gasteiger partial charge in [-0.3, -0.25) is 18.1 Å². The van der Waals surface area contributed by atoms with Crippen LogP contribution in [0.1, 0.15) is 6.42 Å². The lowest BCUT2D eigenvalue weighted by Crippen LogP contribution is -2.44. The average molecular weight is 338 g/mol. The topological polar surface area (TPSA) is 161 Å². The van der Waals surface area contributed by atoms with Crippen molar-refractivity contribution in [2.24, 2.45) is 0 Å². The van der Waals surface area contributed by atoms with Crippen molar-refractivity contribution in [1.82, 2.24) is 0 Å². The lowest BCUT2D eigenvalue weighted by atomic mass is 10.1. The number of rotatable bonds is 7. The highest BCUT2D eigenvalue weighted by Crippen LogP contribution is 2.49. The van der Waals surface area contributed by atoms with Crippen LogP contribution in [-0.2, 0) is 32.0 Å². The van der Waals surface area contributed by atoms with Gasteiger partial charge in [0.2, 0.25) is 5.79 Å². The van der Waals surface area contributed by atoms with Crippen LogP contribution in [0.5, 0.6) is 0 Å². The van der Waals surface area contributed by atoms with Crippen molar-refractivity contribution in [2.75, 3.05) is 20.8 Å². The highest BCUT2D eigenvalue weighted by atomic mass is 31.2. The number of ether oxygens (including phenoxy) is 1. The van der Waals surface area contributed by atoms with Crippen molar-refractivity contribution in [3.63, 3.8) is 0 Å². The van der Waals surface area contributed by atoms with E-state index >= 15 is 0 Å². The zero-order valence-electron chi connectivity index (χ0n) is 10.6. The van der Waals surface area contributed by atoms with Crippen LogP contribution in [0.3, 0.4) is 0 Å². The van der Waals surface area contributed by atoms with Gasteiger partial charge in [0.25, 0.3) is 0 Å². The molecule has 0 amide bonds. The second-order valence-corrected chi connectivity index (χ2v) is 6.90. The van der Waals surface area contributed by atoms with Crippen molar-refractivity contribution in [2.45, 2.75) is 24.6 Å². The van der Waals surface area contributed by atoms with Gasteiger partial charge in [0, 0.05) is 20.6 Å². The minimum Gasteiger partial charge on any atom is -0.368 e. The lowest BCUT2D eigenvalue weighted by Gasteiger charge is -2.28. The summed E-state index contributed by atoms with van der Waals surface area (Å²) in [6.45, 7) is -0.944. The summed E-state index contributed by atoms with van der Waals surface area (Å²) in [4.78, 5) is 18.2. The SMILES string of the molecule is COP(=O)(O)OCC1(O)OC(O)C[C@@H]1OP(=O)(O)OC. The van der Waals surface area contributed by atoms with Crippen LogP contribution in [0.25, 0.3) is 0 Å². The van der Waals surface area contributed by atoms with Gasteiger partial charge >= 0.3 is 15.6 Å². The Balaban J connectivity index is 2.78. The van der Waals surface area contributed by atoms with E-state index < -0.39 is 40.4 Å². The zero-order valence-corrected chi connectivity index (χ0v) is 12.4. The lowest BCUT2D eigenvalue weighted by molar-refractivity contribution is -0.268. The van der Waals surface area contributed by atoms with Gasteiger partial charge in [-0.2, -0.15) is 0 Å². The van der Waals surface area contributed by atoms with E-state index in [1.807, 2.05) is 0 Å². The van der Waals surface area contributed by atoms with E-state index in [-0.39, 0.29) is 6.42 Å². The molecule has 0 aromatic rings. The second kappa shape index (κ2) is 6.47. The quantitative estimate of drug-likeness (QED) is 0.435. The summed E-state index contributed by atoms with van der Waals surface area (Å²) < 4.78 is 44.4. The van der Waals surface area contributed by atoms with Gasteiger partial charge in [-0.1, -0.05) is 0 Å². The third-order valence-corrected chi connectivity index (χ3v) is 4.31. The minimum atomic E-state index is -4.47. The van der Waals surface area contributed by atoms with Gasteiger partial charge in [0.15, 0.2) is 6.29 Å². The van der Waals surface area contributed by atoms with Gasteiger partial charge in [-0.05, 0) is 0 Å². The fraction of sp³-hybridized carbons (Fsp3) is 1.00. The largest absolute Gasteiger partial charge is 0.472 e. The van der Waals surface area contributed by atoms with E-state index in [0.717, 1.165) is 14.2 Å². The molecular formula is C7H16O11P2. The first-order valence-electron chi connectivity index (χ1n) is 5.22. The maximum absolute atomic E-state index is 11.3. The van der Waals surface area contributed by atoms with Crippen LogP contribution < -0.4 is 0 Å². The van der Waals surface area contributed by atoms with Crippen LogP contribution in [0.15, 0.2) is 0 Å². The molecule has 1 saturated heterocycles. The van der Waals surface area contributed by atoms with Crippen LogP contribution in [0.2, 0.25) is 0 Å². The predicted octanol–water partition coefficient (Wildman–Crippen LogP) is -0.691. The molecule has 1 heterocycles.